The van der Waals surface area contributed by atoms with Crippen molar-refractivity contribution in [2.75, 3.05) is 0 Å². The highest BCUT2D eigenvalue weighted by Gasteiger charge is 2.34. The summed E-state index contributed by atoms with van der Waals surface area (Å²) in [5.41, 5.74) is -1.92. The van der Waals surface area contributed by atoms with E-state index in [4.69, 9.17) is 10.2 Å². The van der Waals surface area contributed by atoms with Crippen LogP contribution >= 0.6 is 0 Å². The highest BCUT2D eigenvalue weighted by Crippen LogP contribution is 2.15. The van der Waals surface area contributed by atoms with E-state index in [1.165, 1.54) is 6.21 Å². The van der Waals surface area contributed by atoms with Crippen LogP contribution < -0.4 is 0 Å². The Hall–Kier alpha value is -1.16. The minimum atomic E-state index is -1.92. The topological polar surface area (TPSA) is 69.9 Å². The van der Waals surface area contributed by atoms with Gasteiger partial charge in [-0.3, -0.25) is 0 Å². The van der Waals surface area contributed by atoms with Crippen LogP contribution in [0.4, 0.5) is 0 Å². The number of carboxylic acid groups (broad SMARTS) is 1. The number of hydrogen-bond acceptors (Lipinski definition) is 3. The number of nitrogens with zero attached hydrogens (tertiary/aromatic N) is 1. The van der Waals surface area contributed by atoms with E-state index in [0.29, 0.717) is 0 Å². The van der Waals surface area contributed by atoms with Gasteiger partial charge in [0, 0.05) is 12.6 Å². The quantitative estimate of drug-likeness (QED) is 0.530. The Balaban J connectivity index is 2.80. The summed E-state index contributed by atoms with van der Waals surface area (Å²) in [5, 5.41) is 17.5. The average Bonchev–Trinajstić information content (AvgIpc) is 1.89. The van der Waals surface area contributed by atoms with Crippen molar-refractivity contribution >= 4 is 12.2 Å². The summed E-state index contributed by atoms with van der Waals surface area (Å²) in [4.78, 5) is 13.7. The first-order chi connectivity index (χ1) is 4.65. The number of aliphatic imine (C=N–C) groups is 1. The molecule has 0 saturated heterocycles. The molecule has 0 bridgehead atoms. The van der Waals surface area contributed by atoms with Gasteiger partial charge in [0.1, 0.15) is 0 Å². The predicted octanol–water partition coefficient (Wildman–Crippen LogP) is -0.210. The number of aliphatic carboxylic acids is 1. The van der Waals surface area contributed by atoms with Gasteiger partial charge in [-0.1, -0.05) is 6.08 Å². The summed E-state index contributed by atoms with van der Waals surface area (Å²) in [5.74, 6) is -1.31. The Morgan fingerprint density at radius 3 is 2.70 bits per heavy atom. The second kappa shape index (κ2) is 2.22. The van der Waals surface area contributed by atoms with E-state index < -0.39 is 11.7 Å². The molecule has 0 spiro atoms. The molecule has 10 heavy (non-hydrogen) atoms. The Morgan fingerprint density at radius 2 is 2.40 bits per heavy atom. The Labute approximate surface area is 57.5 Å². The molecule has 1 aliphatic rings. The van der Waals surface area contributed by atoms with Gasteiger partial charge in [0.05, 0.1) is 0 Å². The summed E-state index contributed by atoms with van der Waals surface area (Å²) in [6.07, 6.45) is 4.47. The summed E-state index contributed by atoms with van der Waals surface area (Å²) < 4.78 is 0. The first kappa shape index (κ1) is 6.95. The smallest absolute Gasteiger partial charge is 0.359 e. The highest BCUT2D eigenvalue weighted by molar-refractivity contribution is 5.83. The molecule has 0 radical (unpaired) electrons. The van der Waals surface area contributed by atoms with Crippen LogP contribution in [0.2, 0.25) is 0 Å². The van der Waals surface area contributed by atoms with Gasteiger partial charge in [0.25, 0.3) is 5.72 Å². The van der Waals surface area contributed by atoms with Crippen LogP contribution in [0, 0.1) is 0 Å². The first-order valence-electron chi connectivity index (χ1n) is 2.81. The molecule has 1 heterocycles. The summed E-state index contributed by atoms with van der Waals surface area (Å²) >= 11 is 0. The molecule has 54 valence electrons. The van der Waals surface area contributed by atoms with Crippen molar-refractivity contribution in [2.24, 2.45) is 4.99 Å². The number of carboxylic acids is 1. The van der Waals surface area contributed by atoms with Gasteiger partial charge >= 0.3 is 5.97 Å². The number of aliphatic hydroxyl groups is 1. The van der Waals surface area contributed by atoms with Crippen LogP contribution in [0.5, 0.6) is 0 Å². The SMILES string of the molecule is O=C(O)C1(O)CC=CC=N1. The molecule has 1 unspecified atom stereocenters. The lowest BCUT2D eigenvalue weighted by Gasteiger charge is -2.17. The van der Waals surface area contributed by atoms with Gasteiger partial charge in [0.15, 0.2) is 0 Å². The zero-order chi connectivity index (χ0) is 7.61. The van der Waals surface area contributed by atoms with Crippen LogP contribution in [-0.2, 0) is 4.79 Å². The number of hydrogen-bond donors (Lipinski definition) is 2. The van der Waals surface area contributed by atoms with Crippen molar-refractivity contribution < 1.29 is 15.0 Å². The number of rotatable bonds is 1. The average molecular weight is 141 g/mol. The number of carbonyl (C=O) groups is 1. The van der Waals surface area contributed by atoms with Gasteiger partial charge in [-0.05, 0) is 6.08 Å². The Morgan fingerprint density at radius 1 is 1.70 bits per heavy atom. The number of allylic oxidation sites excluding steroid dienone is 1. The molecule has 4 nitrogen and oxygen atoms in total. The van der Waals surface area contributed by atoms with Gasteiger partial charge in [-0.25, -0.2) is 9.79 Å². The number of dihydropyridines is 1. The van der Waals surface area contributed by atoms with Gasteiger partial charge < -0.3 is 10.2 Å². The van der Waals surface area contributed by atoms with E-state index in [1.807, 2.05) is 0 Å². The molecular weight excluding hydrogens is 134 g/mol. The molecule has 2 N–H and O–H groups in total. The fourth-order valence-corrected chi connectivity index (χ4v) is 0.655. The van der Waals surface area contributed by atoms with E-state index in [1.54, 1.807) is 12.2 Å². The molecule has 0 aromatic rings. The van der Waals surface area contributed by atoms with Crippen molar-refractivity contribution in [1.82, 2.24) is 0 Å². The zero-order valence-electron chi connectivity index (χ0n) is 5.19. The maximum atomic E-state index is 10.3. The standard InChI is InChI=1S/C6H7NO3/c8-5(9)6(10)3-1-2-4-7-6/h1-2,4,10H,3H2,(H,8,9). The van der Waals surface area contributed by atoms with Crippen LogP contribution in [-0.4, -0.2) is 28.1 Å². The largest absolute Gasteiger partial charge is 0.478 e. The lowest BCUT2D eigenvalue weighted by molar-refractivity contribution is -0.157. The van der Waals surface area contributed by atoms with E-state index in [0.717, 1.165) is 0 Å². The monoisotopic (exact) mass is 141 g/mol. The van der Waals surface area contributed by atoms with Crippen molar-refractivity contribution in [2.45, 2.75) is 12.1 Å². The van der Waals surface area contributed by atoms with Crippen LogP contribution in [0.1, 0.15) is 6.42 Å². The molecular formula is C6H7NO3. The minimum Gasteiger partial charge on any atom is -0.478 e. The highest BCUT2D eigenvalue weighted by atomic mass is 16.4. The summed E-state index contributed by atoms with van der Waals surface area (Å²) in [6, 6.07) is 0. The molecule has 0 fully saturated rings. The molecule has 4 heteroatoms. The third-order valence-corrected chi connectivity index (χ3v) is 1.26. The second-order valence-electron chi connectivity index (χ2n) is 2.03. The molecule has 1 atom stereocenters. The molecule has 0 amide bonds. The van der Waals surface area contributed by atoms with E-state index >= 15 is 0 Å². The molecule has 0 aromatic carbocycles. The lowest BCUT2D eigenvalue weighted by atomic mass is 10.1. The lowest BCUT2D eigenvalue weighted by Crippen LogP contribution is -2.36. The predicted molar refractivity (Wildman–Crippen MR) is 34.8 cm³/mol. The Kier molecular flexibility index (Phi) is 1.55. The fourth-order valence-electron chi connectivity index (χ4n) is 0.655. The second-order valence-corrected chi connectivity index (χ2v) is 2.03. The molecule has 0 saturated carbocycles. The molecule has 1 rings (SSSR count). The maximum Gasteiger partial charge on any atom is 0.359 e. The maximum absolute atomic E-state index is 10.3. The summed E-state index contributed by atoms with van der Waals surface area (Å²) in [6.45, 7) is 0. The zero-order valence-corrected chi connectivity index (χ0v) is 5.19. The molecule has 0 aliphatic carbocycles. The van der Waals surface area contributed by atoms with Crippen molar-refractivity contribution in [3.63, 3.8) is 0 Å². The Bertz CT molecular complexity index is 209. The van der Waals surface area contributed by atoms with Crippen LogP contribution in [0.25, 0.3) is 0 Å². The van der Waals surface area contributed by atoms with Gasteiger partial charge in [-0.15, -0.1) is 0 Å². The first-order valence-corrected chi connectivity index (χ1v) is 2.81. The molecule has 1 aliphatic heterocycles. The van der Waals surface area contributed by atoms with E-state index in [9.17, 15) is 4.79 Å². The third-order valence-electron chi connectivity index (χ3n) is 1.26. The van der Waals surface area contributed by atoms with Crippen molar-refractivity contribution in [1.29, 1.82) is 0 Å². The van der Waals surface area contributed by atoms with E-state index in [2.05, 4.69) is 4.99 Å². The van der Waals surface area contributed by atoms with E-state index in [-0.39, 0.29) is 6.42 Å². The van der Waals surface area contributed by atoms with Crippen LogP contribution in [0.3, 0.4) is 0 Å². The van der Waals surface area contributed by atoms with Crippen molar-refractivity contribution in [3.8, 4) is 0 Å². The summed E-state index contributed by atoms with van der Waals surface area (Å²) in [7, 11) is 0. The minimum absolute atomic E-state index is 0.0405. The third kappa shape index (κ3) is 1.06. The fraction of sp³-hybridized carbons (Fsp3) is 0.333. The van der Waals surface area contributed by atoms with Crippen molar-refractivity contribution in [3.05, 3.63) is 12.2 Å². The van der Waals surface area contributed by atoms with Crippen LogP contribution in [0.15, 0.2) is 17.1 Å². The molecule has 0 aromatic heterocycles. The van der Waals surface area contributed by atoms with Gasteiger partial charge in [0.2, 0.25) is 0 Å². The normalized spacial score (nSPS) is 30.5. The van der Waals surface area contributed by atoms with Gasteiger partial charge in [-0.2, -0.15) is 0 Å².